The number of rotatable bonds is 7. The Bertz CT molecular complexity index is 1130. The number of hydrogen-bond donors (Lipinski definition) is 1. The fourth-order valence-electron chi connectivity index (χ4n) is 3.94. The van der Waals surface area contributed by atoms with Crippen molar-refractivity contribution in [2.24, 2.45) is 0 Å². The van der Waals surface area contributed by atoms with Gasteiger partial charge in [0.1, 0.15) is 0 Å². The van der Waals surface area contributed by atoms with Crippen LogP contribution in [0.3, 0.4) is 0 Å². The zero-order valence-electron chi connectivity index (χ0n) is 16.8. The molecule has 160 valence electrons. The molecule has 31 heavy (non-hydrogen) atoms. The summed E-state index contributed by atoms with van der Waals surface area (Å²) in [4.78, 5) is 2.34. The van der Waals surface area contributed by atoms with Crippen LogP contribution in [0.15, 0.2) is 78.9 Å². The summed E-state index contributed by atoms with van der Waals surface area (Å²) in [6.45, 7) is 0.760. The van der Waals surface area contributed by atoms with Gasteiger partial charge in [-0.3, -0.25) is 4.55 Å². The van der Waals surface area contributed by atoms with Crippen molar-refractivity contribution < 1.29 is 13.0 Å². The fraction of sp³-hybridized carbons (Fsp3) is 0.208. The van der Waals surface area contributed by atoms with E-state index in [1.54, 1.807) is 0 Å². The van der Waals surface area contributed by atoms with Gasteiger partial charge in [-0.05, 0) is 41.0 Å². The molecule has 4 rings (SSSR count). The van der Waals surface area contributed by atoms with Crippen LogP contribution in [0.1, 0.15) is 29.0 Å². The number of hydrogen-bond acceptors (Lipinski definition) is 5. The fourth-order valence-corrected chi connectivity index (χ4v) is 6.05. The van der Waals surface area contributed by atoms with Crippen molar-refractivity contribution in [3.63, 3.8) is 0 Å². The monoisotopic (exact) mass is 469 g/mol. The van der Waals surface area contributed by atoms with E-state index in [0.717, 1.165) is 33.2 Å². The molecule has 3 aromatic carbocycles. The minimum Gasteiger partial charge on any atom is -0.336 e. The van der Waals surface area contributed by atoms with E-state index in [1.807, 2.05) is 30.3 Å². The standard InChI is InChI=1S/C24H23NO3S3/c26-31(27,28)16-8-15-30-24(29)23-19-11-4-6-13-21(19)25(17-18-9-2-1-3-10-18)22-14-7-5-12-20(22)23/h1-7,9-14,23H,8,15-17H2,(H,26,27,28). The highest BCUT2D eigenvalue weighted by atomic mass is 32.2. The van der Waals surface area contributed by atoms with E-state index in [0.29, 0.717) is 12.2 Å². The minimum atomic E-state index is -3.94. The number of nitrogens with zero attached hydrogens (tertiary/aromatic N) is 1. The van der Waals surface area contributed by atoms with Gasteiger partial charge in [0.05, 0.1) is 15.9 Å². The quantitative estimate of drug-likeness (QED) is 0.268. The maximum atomic E-state index is 11.0. The molecular formula is C24H23NO3S3. The third-order valence-electron chi connectivity index (χ3n) is 5.29. The molecule has 0 spiro atoms. The van der Waals surface area contributed by atoms with Crippen LogP contribution in [0.2, 0.25) is 0 Å². The maximum absolute atomic E-state index is 11.0. The van der Waals surface area contributed by atoms with Crippen molar-refractivity contribution in [3.05, 3.63) is 95.6 Å². The molecule has 0 unspecified atom stereocenters. The van der Waals surface area contributed by atoms with Gasteiger partial charge in [0.15, 0.2) is 0 Å². The topological polar surface area (TPSA) is 57.6 Å². The van der Waals surface area contributed by atoms with Gasteiger partial charge >= 0.3 is 0 Å². The number of anilines is 2. The SMILES string of the molecule is O=S(=O)(O)CCCSC(=S)C1c2ccccc2N(Cc2ccccc2)c2ccccc21. The van der Waals surface area contributed by atoms with Crippen LogP contribution in [-0.2, 0) is 16.7 Å². The van der Waals surface area contributed by atoms with Crippen LogP contribution in [0.25, 0.3) is 0 Å². The highest BCUT2D eigenvalue weighted by Crippen LogP contribution is 2.48. The Hall–Kier alpha value is -2.19. The van der Waals surface area contributed by atoms with E-state index in [9.17, 15) is 8.42 Å². The van der Waals surface area contributed by atoms with Gasteiger partial charge in [0.25, 0.3) is 10.1 Å². The predicted molar refractivity (Wildman–Crippen MR) is 133 cm³/mol. The van der Waals surface area contributed by atoms with Gasteiger partial charge in [0.2, 0.25) is 0 Å². The Labute approximate surface area is 193 Å². The zero-order valence-corrected chi connectivity index (χ0v) is 19.3. The average Bonchev–Trinajstić information content (AvgIpc) is 2.76. The Morgan fingerprint density at radius 2 is 1.45 bits per heavy atom. The van der Waals surface area contributed by atoms with Crippen molar-refractivity contribution in [3.8, 4) is 0 Å². The molecule has 1 heterocycles. The van der Waals surface area contributed by atoms with Gasteiger partial charge in [-0.25, -0.2) is 0 Å². The Kier molecular flexibility index (Phi) is 6.77. The summed E-state index contributed by atoms with van der Waals surface area (Å²) in [6, 6.07) is 27.1. The molecule has 0 radical (unpaired) electrons. The van der Waals surface area contributed by atoms with E-state index < -0.39 is 10.1 Å². The first-order chi connectivity index (χ1) is 14.9. The van der Waals surface area contributed by atoms with Crippen LogP contribution in [0.5, 0.6) is 0 Å². The smallest absolute Gasteiger partial charge is 0.264 e. The van der Waals surface area contributed by atoms with E-state index in [4.69, 9.17) is 16.8 Å². The lowest BCUT2D eigenvalue weighted by atomic mass is 9.86. The van der Waals surface area contributed by atoms with Crippen molar-refractivity contribution in [2.75, 3.05) is 16.4 Å². The molecule has 4 nitrogen and oxygen atoms in total. The number of thiocarbonyl (C=S) groups is 1. The molecule has 0 saturated heterocycles. The summed E-state index contributed by atoms with van der Waals surface area (Å²) in [5.41, 5.74) is 5.81. The van der Waals surface area contributed by atoms with Gasteiger partial charge < -0.3 is 4.90 Å². The third-order valence-corrected chi connectivity index (χ3v) is 7.69. The molecule has 0 bridgehead atoms. The van der Waals surface area contributed by atoms with E-state index in [2.05, 4.69) is 53.4 Å². The van der Waals surface area contributed by atoms with E-state index in [1.165, 1.54) is 17.3 Å². The normalized spacial score (nSPS) is 13.5. The second kappa shape index (κ2) is 9.53. The molecule has 1 aliphatic rings. The number of para-hydroxylation sites is 2. The summed E-state index contributed by atoms with van der Waals surface area (Å²) < 4.78 is 31.8. The van der Waals surface area contributed by atoms with Gasteiger partial charge in [-0.15, -0.1) is 11.8 Å². The number of benzene rings is 3. The molecule has 3 aromatic rings. The average molecular weight is 470 g/mol. The first kappa shape index (κ1) is 22.0. The Morgan fingerprint density at radius 1 is 0.903 bits per heavy atom. The molecule has 0 fully saturated rings. The van der Waals surface area contributed by atoms with Crippen LogP contribution < -0.4 is 4.90 Å². The van der Waals surface area contributed by atoms with Gasteiger partial charge in [0, 0.05) is 17.9 Å². The second-order valence-electron chi connectivity index (χ2n) is 7.43. The molecule has 7 heteroatoms. The highest BCUT2D eigenvalue weighted by Gasteiger charge is 2.32. The molecule has 0 aromatic heterocycles. The molecule has 0 aliphatic carbocycles. The third kappa shape index (κ3) is 5.18. The Balaban J connectivity index is 1.65. The lowest BCUT2D eigenvalue weighted by molar-refractivity contribution is 0.482. The van der Waals surface area contributed by atoms with Crippen LogP contribution in [0.4, 0.5) is 11.4 Å². The van der Waals surface area contributed by atoms with Crippen LogP contribution >= 0.6 is 24.0 Å². The van der Waals surface area contributed by atoms with Crippen molar-refractivity contribution >= 4 is 49.7 Å². The molecule has 0 amide bonds. The highest BCUT2D eigenvalue weighted by molar-refractivity contribution is 8.23. The maximum Gasteiger partial charge on any atom is 0.264 e. The second-order valence-corrected chi connectivity index (χ2v) is 10.8. The zero-order chi connectivity index (χ0) is 21.8. The molecule has 0 atom stereocenters. The number of thioether (sulfide) groups is 1. The number of fused-ring (bicyclic) bond motifs is 2. The molecule has 1 N–H and O–H groups in total. The molecule has 1 aliphatic heterocycles. The van der Waals surface area contributed by atoms with Crippen LogP contribution in [0, 0.1) is 0 Å². The van der Waals surface area contributed by atoms with Gasteiger partial charge in [-0.2, -0.15) is 8.42 Å². The summed E-state index contributed by atoms with van der Waals surface area (Å²) in [5, 5.41) is 0. The molecular weight excluding hydrogens is 446 g/mol. The van der Waals surface area contributed by atoms with Gasteiger partial charge in [-0.1, -0.05) is 78.9 Å². The van der Waals surface area contributed by atoms with Crippen molar-refractivity contribution in [1.82, 2.24) is 0 Å². The summed E-state index contributed by atoms with van der Waals surface area (Å²) >= 11 is 7.33. The minimum absolute atomic E-state index is 0.0508. The first-order valence-electron chi connectivity index (χ1n) is 10.0. The van der Waals surface area contributed by atoms with Crippen molar-refractivity contribution in [1.29, 1.82) is 0 Å². The summed E-state index contributed by atoms with van der Waals surface area (Å²) in [6.07, 6.45) is 0.361. The predicted octanol–water partition coefficient (Wildman–Crippen LogP) is 5.81. The Morgan fingerprint density at radius 3 is 2.03 bits per heavy atom. The lowest BCUT2D eigenvalue weighted by Crippen LogP contribution is -2.27. The first-order valence-corrected chi connectivity index (χ1v) is 13.1. The lowest BCUT2D eigenvalue weighted by Gasteiger charge is -2.38. The van der Waals surface area contributed by atoms with Crippen LogP contribution in [-0.4, -0.2) is 28.7 Å². The molecule has 0 saturated carbocycles. The largest absolute Gasteiger partial charge is 0.336 e. The van der Waals surface area contributed by atoms with E-state index in [-0.39, 0.29) is 11.7 Å². The summed E-state index contributed by atoms with van der Waals surface area (Å²) in [5.74, 6) is 0.253. The summed E-state index contributed by atoms with van der Waals surface area (Å²) in [7, 11) is -3.94. The van der Waals surface area contributed by atoms with E-state index >= 15 is 0 Å². The van der Waals surface area contributed by atoms with Crippen molar-refractivity contribution in [2.45, 2.75) is 18.9 Å².